The predicted molar refractivity (Wildman–Crippen MR) is 77.6 cm³/mol. The Balaban J connectivity index is 1.87. The van der Waals surface area contributed by atoms with E-state index >= 15 is 0 Å². The number of nitrogens with one attached hydrogen (secondary N) is 1. The van der Waals surface area contributed by atoms with Crippen molar-refractivity contribution < 1.29 is 14.1 Å². The first-order chi connectivity index (χ1) is 10.0. The maximum atomic E-state index is 11.8. The summed E-state index contributed by atoms with van der Waals surface area (Å²) in [6, 6.07) is 2.45. The molecule has 0 aromatic carbocycles. The van der Waals surface area contributed by atoms with Crippen LogP contribution in [0, 0.1) is 17.0 Å². The van der Waals surface area contributed by atoms with Crippen molar-refractivity contribution in [1.82, 2.24) is 10.3 Å². The molecule has 0 unspecified atom stereocenters. The molecule has 0 radical (unpaired) electrons. The number of hydrogen-bond donors (Lipinski definition) is 1. The summed E-state index contributed by atoms with van der Waals surface area (Å²) in [7, 11) is 0. The van der Waals surface area contributed by atoms with E-state index in [1.54, 1.807) is 11.3 Å². The van der Waals surface area contributed by atoms with E-state index in [2.05, 4.69) is 17.2 Å². The van der Waals surface area contributed by atoms with Gasteiger partial charge in [-0.05, 0) is 19.4 Å². The van der Waals surface area contributed by atoms with E-state index in [0.717, 1.165) is 23.2 Å². The van der Waals surface area contributed by atoms with Crippen LogP contribution in [0.5, 0.6) is 0 Å². The number of amides is 1. The lowest BCUT2D eigenvalue weighted by Crippen LogP contribution is -2.25. The van der Waals surface area contributed by atoms with Crippen LogP contribution < -0.4 is 5.32 Å². The van der Waals surface area contributed by atoms with Crippen molar-refractivity contribution in [3.8, 4) is 0 Å². The van der Waals surface area contributed by atoms with Gasteiger partial charge in [-0.1, -0.05) is 6.92 Å². The molecule has 0 saturated carbocycles. The highest BCUT2D eigenvalue weighted by Gasteiger charge is 2.17. The SMILES string of the molecule is CCc1nc(CCNC(=O)c2ccc([N+](=O)[O-])o2)sc1C. The molecule has 0 atom stereocenters. The fraction of sp³-hybridized carbons (Fsp3) is 0.385. The zero-order valence-electron chi connectivity index (χ0n) is 11.7. The number of aromatic nitrogens is 1. The van der Waals surface area contributed by atoms with E-state index in [9.17, 15) is 14.9 Å². The number of nitro groups is 1. The van der Waals surface area contributed by atoms with Gasteiger partial charge in [0.15, 0.2) is 5.76 Å². The van der Waals surface area contributed by atoms with Crippen LogP contribution in [0.1, 0.15) is 33.1 Å². The van der Waals surface area contributed by atoms with E-state index in [4.69, 9.17) is 4.42 Å². The van der Waals surface area contributed by atoms with Gasteiger partial charge in [0.1, 0.15) is 4.92 Å². The molecule has 0 bridgehead atoms. The van der Waals surface area contributed by atoms with Gasteiger partial charge >= 0.3 is 5.88 Å². The van der Waals surface area contributed by atoms with Crippen molar-refractivity contribution in [3.63, 3.8) is 0 Å². The van der Waals surface area contributed by atoms with Gasteiger partial charge in [0.05, 0.1) is 16.8 Å². The standard InChI is InChI=1S/C13H15N3O4S/c1-3-9-8(2)21-11(15-9)6-7-14-13(17)10-4-5-12(20-10)16(18)19/h4-5H,3,6-7H2,1-2H3,(H,14,17). The number of hydrogen-bond acceptors (Lipinski definition) is 6. The minimum absolute atomic E-state index is 0.0636. The van der Waals surface area contributed by atoms with Crippen LogP contribution in [0.15, 0.2) is 16.5 Å². The Hall–Kier alpha value is -2.22. The molecule has 0 aliphatic heterocycles. The van der Waals surface area contributed by atoms with Crippen molar-refractivity contribution in [2.75, 3.05) is 6.54 Å². The van der Waals surface area contributed by atoms with Crippen LogP contribution in [0.25, 0.3) is 0 Å². The van der Waals surface area contributed by atoms with Crippen LogP contribution in [0.3, 0.4) is 0 Å². The van der Waals surface area contributed by atoms with Gasteiger partial charge in [-0.15, -0.1) is 11.3 Å². The molecule has 0 fully saturated rings. The van der Waals surface area contributed by atoms with Gasteiger partial charge in [0.2, 0.25) is 0 Å². The Kier molecular flexibility index (Phi) is 4.69. The molecule has 2 aromatic heterocycles. The summed E-state index contributed by atoms with van der Waals surface area (Å²) in [5, 5.41) is 14.1. The van der Waals surface area contributed by atoms with Crippen molar-refractivity contribution in [2.45, 2.75) is 26.7 Å². The van der Waals surface area contributed by atoms with E-state index in [0.29, 0.717) is 13.0 Å². The van der Waals surface area contributed by atoms with Gasteiger partial charge in [0.25, 0.3) is 5.91 Å². The van der Waals surface area contributed by atoms with E-state index < -0.39 is 16.7 Å². The summed E-state index contributed by atoms with van der Waals surface area (Å²) < 4.78 is 4.83. The number of rotatable bonds is 6. The van der Waals surface area contributed by atoms with Gasteiger partial charge in [-0.3, -0.25) is 14.9 Å². The first-order valence-electron chi connectivity index (χ1n) is 6.49. The van der Waals surface area contributed by atoms with Crippen LogP contribution in [0.2, 0.25) is 0 Å². The molecule has 0 spiro atoms. The van der Waals surface area contributed by atoms with Crippen molar-refractivity contribution in [3.05, 3.63) is 43.6 Å². The molecule has 0 saturated heterocycles. The van der Waals surface area contributed by atoms with Gasteiger partial charge in [-0.25, -0.2) is 4.98 Å². The summed E-state index contributed by atoms with van der Waals surface area (Å²) in [5.74, 6) is -0.971. The monoisotopic (exact) mass is 309 g/mol. The normalized spacial score (nSPS) is 10.6. The van der Waals surface area contributed by atoms with Crippen molar-refractivity contribution in [1.29, 1.82) is 0 Å². The molecule has 7 nitrogen and oxygen atoms in total. The lowest BCUT2D eigenvalue weighted by molar-refractivity contribution is -0.402. The zero-order valence-corrected chi connectivity index (χ0v) is 12.5. The third-order valence-corrected chi connectivity index (χ3v) is 3.96. The minimum Gasteiger partial charge on any atom is -0.395 e. The highest BCUT2D eigenvalue weighted by molar-refractivity contribution is 7.11. The maximum absolute atomic E-state index is 11.8. The fourth-order valence-electron chi connectivity index (χ4n) is 1.84. The maximum Gasteiger partial charge on any atom is 0.433 e. The largest absolute Gasteiger partial charge is 0.433 e. The minimum atomic E-state index is -0.679. The average Bonchev–Trinajstić information content (AvgIpc) is 3.05. The number of aryl methyl sites for hydroxylation is 2. The topological polar surface area (TPSA) is 98.3 Å². The summed E-state index contributed by atoms with van der Waals surface area (Å²) in [6.07, 6.45) is 1.52. The van der Waals surface area contributed by atoms with Crippen LogP contribution in [0.4, 0.5) is 5.88 Å². The quantitative estimate of drug-likeness (QED) is 0.653. The number of carbonyl (C=O) groups is 1. The molecular weight excluding hydrogens is 294 g/mol. The Bertz CT molecular complexity index is 662. The van der Waals surface area contributed by atoms with Gasteiger partial charge in [-0.2, -0.15) is 0 Å². The molecule has 1 amide bonds. The first-order valence-corrected chi connectivity index (χ1v) is 7.30. The molecular formula is C13H15N3O4S. The molecule has 0 aliphatic rings. The third kappa shape index (κ3) is 3.66. The van der Waals surface area contributed by atoms with Crippen LogP contribution in [-0.2, 0) is 12.8 Å². The lowest BCUT2D eigenvalue weighted by Gasteiger charge is -2.00. The van der Waals surface area contributed by atoms with E-state index in [1.807, 2.05) is 6.92 Å². The van der Waals surface area contributed by atoms with Gasteiger partial charge < -0.3 is 9.73 Å². The second-order valence-corrected chi connectivity index (χ2v) is 5.65. The fourth-order valence-corrected chi connectivity index (χ4v) is 2.86. The molecule has 2 aromatic rings. The number of carbonyl (C=O) groups excluding carboxylic acids is 1. The Morgan fingerprint density at radius 2 is 2.29 bits per heavy atom. The average molecular weight is 309 g/mol. The molecule has 1 N–H and O–H groups in total. The van der Waals surface area contributed by atoms with Crippen molar-refractivity contribution in [2.24, 2.45) is 0 Å². The lowest BCUT2D eigenvalue weighted by atomic mass is 10.3. The zero-order chi connectivity index (χ0) is 15.4. The Morgan fingerprint density at radius 1 is 1.52 bits per heavy atom. The first kappa shape index (κ1) is 15.2. The second kappa shape index (κ2) is 6.49. The molecule has 2 heterocycles. The van der Waals surface area contributed by atoms with E-state index in [1.165, 1.54) is 10.9 Å². The van der Waals surface area contributed by atoms with Gasteiger partial charge in [0, 0.05) is 17.8 Å². The van der Waals surface area contributed by atoms with Crippen LogP contribution >= 0.6 is 11.3 Å². The molecule has 2 rings (SSSR count). The molecule has 0 aliphatic carbocycles. The number of thiazole rings is 1. The molecule has 112 valence electrons. The molecule has 21 heavy (non-hydrogen) atoms. The highest BCUT2D eigenvalue weighted by atomic mass is 32.1. The number of furan rings is 1. The molecule has 8 heteroatoms. The summed E-state index contributed by atoms with van der Waals surface area (Å²) in [6.45, 7) is 4.49. The highest BCUT2D eigenvalue weighted by Crippen LogP contribution is 2.18. The predicted octanol–water partition coefficient (Wildman–Crippen LogP) is 2.49. The summed E-state index contributed by atoms with van der Waals surface area (Å²) in [4.78, 5) is 27.2. The van der Waals surface area contributed by atoms with E-state index in [-0.39, 0.29) is 5.76 Å². The smallest absolute Gasteiger partial charge is 0.395 e. The second-order valence-electron chi connectivity index (χ2n) is 4.36. The van der Waals surface area contributed by atoms with Crippen molar-refractivity contribution >= 4 is 23.1 Å². The number of nitrogens with zero attached hydrogens (tertiary/aromatic N) is 2. The van der Waals surface area contributed by atoms with Crippen LogP contribution in [-0.4, -0.2) is 22.4 Å². The Morgan fingerprint density at radius 3 is 2.86 bits per heavy atom. The summed E-state index contributed by atoms with van der Waals surface area (Å²) >= 11 is 1.62. The summed E-state index contributed by atoms with van der Waals surface area (Å²) in [5.41, 5.74) is 1.09. The Labute approximate surface area is 125 Å². The third-order valence-electron chi connectivity index (χ3n) is 2.89.